The number of benzene rings is 2. The number of nitrogens with one attached hydrogen (secondary N) is 3. The molecule has 0 saturated carbocycles. The lowest BCUT2D eigenvalue weighted by Gasteiger charge is -2.34. The Morgan fingerprint density at radius 2 is 1.62 bits per heavy atom. The van der Waals surface area contributed by atoms with E-state index < -0.39 is 64.0 Å². The van der Waals surface area contributed by atoms with Crippen LogP contribution in [0.1, 0.15) is 84.9 Å². The van der Waals surface area contributed by atoms with E-state index in [4.69, 9.17) is 49.0 Å². The summed E-state index contributed by atoms with van der Waals surface area (Å²) in [7, 11) is 0. The number of amides is 3. The molecule has 1 fully saturated rings. The highest BCUT2D eigenvalue weighted by Crippen LogP contribution is 2.27. The van der Waals surface area contributed by atoms with Crippen molar-refractivity contribution in [2.24, 2.45) is 5.92 Å². The van der Waals surface area contributed by atoms with Gasteiger partial charge in [-0.25, -0.2) is 10.2 Å². The third-order valence-corrected chi connectivity index (χ3v) is 8.32. The van der Waals surface area contributed by atoms with E-state index in [0.717, 1.165) is 22.3 Å². The number of halogens is 3. The van der Waals surface area contributed by atoms with Gasteiger partial charge in [0.2, 0.25) is 3.79 Å². The molecule has 0 aromatic heterocycles. The van der Waals surface area contributed by atoms with Crippen molar-refractivity contribution in [3.8, 4) is 11.1 Å². The fourth-order valence-electron chi connectivity index (χ4n) is 5.32. The summed E-state index contributed by atoms with van der Waals surface area (Å²) in [5.74, 6) is -2.68. The van der Waals surface area contributed by atoms with Crippen LogP contribution in [0.25, 0.3) is 11.1 Å². The zero-order chi connectivity index (χ0) is 38.8. The van der Waals surface area contributed by atoms with Gasteiger partial charge in [-0.3, -0.25) is 24.2 Å². The van der Waals surface area contributed by atoms with Crippen LogP contribution in [0.15, 0.2) is 48.5 Å². The Morgan fingerprint density at radius 1 is 0.942 bits per heavy atom. The van der Waals surface area contributed by atoms with E-state index in [1.54, 1.807) is 13.8 Å². The van der Waals surface area contributed by atoms with E-state index in [0.29, 0.717) is 25.8 Å². The third kappa shape index (κ3) is 14.1. The molecule has 4 unspecified atom stereocenters. The van der Waals surface area contributed by atoms with Gasteiger partial charge < -0.3 is 24.8 Å². The van der Waals surface area contributed by atoms with Gasteiger partial charge in [0.25, 0.3) is 11.8 Å². The van der Waals surface area contributed by atoms with E-state index >= 15 is 0 Å². The predicted molar refractivity (Wildman–Crippen MR) is 199 cm³/mol. The number of hydrogen-bond donors (Lipinski definition) is 3. The van der Waals surface area contributed by atoms with Crippen molar-refractivity contribution in [2.45, 2.75) is 108 Å². The van der Waals surface area contributed by atoms with Gasteiger partial charge in [-0.2, -0.15) is 0 Å². The summed E-state index contributed by atoms with van der Waals surface area (Å²) in [4.78, 5) is 63.8. The molecule has 2 aromatic rings. The molecule has 1 aliphatic heterocycles. The maximum absolute atomic E-state index is 13.2. The topological polar surface area (TPSA) is 152 Å². The third-order valence-electron chi connectivity index (χ3n) is 7.99. The van der Waals surface area contributed by atoms with Crippen molar-refractivity contribution in [3.63, 3.8) is 0 Å². The number of alkyl carbamates (subject to hydrolysis) is 1. The number of rotatable bonds is 13. The Hall–Kier alpha value is -3.58. The molecule has 15 heteroatoms. The van der Waals surface area contributed by atoms with Crippen molar-refractivity contribution >= 4 is 64.6 Å². The van der Waals surface area contributed by atoms with Crippen molar-refractivity contribution in [2.75, 3.05) is 13.2 Å². The summed E-state index contributed by atoms with van der Waals surface area (Å²) >= 11 is 17.0. The molecule has 3 rings (SSSR count). The van der Waals surface area contributed by atoms with Gasteiger partial charge in [0.15, 0.2) is 6.10 Å². The van der Waals surface area contributed by atoms with Crippen molar-refractivity contribution in [1.82, 2.24) is 21.1 Å². The first-order chi connectivity index (χ1) is 24.2. The molecule has 2 aromatic carbocycles. The van der Waals surface area contributed by atoms with E-state index in [-0.39, 0.29) is 18.4 Å². The monoisotopic (exact) mass is 782 g/mol. The van der Waals surface area contributed by atoms with Gasteiger partial charge in [0.1, 0.15) is 24.3 Å². The summed E-state index contributed by atoms with van der Waals surface area (Å²) in [6.07, 6.45) is -0.264. The number of aryl methyl sites for hydroxylation is 1. The summed E-state index contributed by atoms with van der Waals surface area (Å²) in [5.41, 5.74) is 5.99. The summed E-state index contributed by atoms with van der Waals surface area (Å²) in [6.45, 7) is 12.2. The Labute approximate surface area is 320 Å². The number of hydrazine groups is 1. The highest BCUT2D eigenvalue weighted by molar-refractivity contribution is 6.67. The van der Waals surface area contributed by atoms with Gasteiger partial charge in [0.05, 0.1) is 6.04 Å². The van der Waals surface area contributed by atoms with E-state index in [9.17, 15) is 24.0 Å². The highest BCUT2D eigenvalue weighted by atomic mass is 35.6. The molecule has 4 atom stereocenters. The second kappa shape index (κ2) is 19.0. The quantitative estimate of drug-likeness (QED) is 0.120. The number of esters is 2. The predicted octanol–water partition coefficient (Wildman–Crippen LogP) is 6.35. The van der Waals surface area contributed by atoms with E-state index in [2.05, 4.69) is 16.1 Å². The Balaban J connectivity index is 1.51. The molecule has 1 heterocycles. The molecule has 1 saturated heterocycles. The largest absolute Gasteiger partial charge is 0.460 e. The minimum atomic E-state index is -1.76. The minimum absolute atomic E-state index is 0.0428. The van der Waals surface area contributed by atoms with Crippen molar-refractivity contribution < 1.29 is 38.2 Å². The van der Waals surface area contributed by atoms with Gasteiger partial charge in [-0.05, 0) is 88.1 Å². The van der Waals surface area contributed by atoms with Gasteiger partial charge in [-0.15, -0.1) is 0 Å². The molecule has 1 aliphatic rings. The average molecular weight is 784 g/mol. The van der Waals surface area contributed by atoms with E-state index in [1.165, 1.54) is 11.9 Å². The molecular formula is C37H49Cl3N4O8. The highest BCUT2D eigenvalue weighted by Gasteiger charge is 2.34. The second-order valence-corrected chi connectivity index (χ2v) is 16.6. The van der Waals surface area contributed by atoms with Gasteiger partial charge in [-0.1, -0.05) is 91.1 Å². The standard InChI is InChI=1S/C37H49Cl3N4O8/c1-22(2)31(32(46)41-24(4)33(47)44-19-9-12-29(43-44)34(48)50-21-37(38,39)40)51-30(45)18-15-25-13-16-26(17-14-25)28-11-8-10-27(20-28)23(3)42-35(49)52-36(5,6)7/h8,10-11,13-14,16-17,20,22-24,29,31,43H,9,12,15,18-19,21H2,1-7H3,(H,41,46)(H,42,49). The zero-order valence-electron chi connectivity index (χ0n) is 30.6. The SMILES string of the molecule is CC(NC(=O)C(OC(=O)CCc1ccc(-c2cccc(C(C)NC(=O)OC(C)(C)C)c2)cc1)C(C)C)C(=O)N1CCCC(C(=O)OCC(Cl)(Cl)Cl)N1. The second-order valence-electron chi connectivity index (χ2n) is 14.1. The lowest BCUT2D eigenvalue weighted by molar-refractivity contribution is -0.159. The van der Waals surface area contributed by atoms with Crippen LogP contribution < -0.4 is 16.1 Å². The average Bonchev–Trinajstić information content (AvgIpc) is 3.07. The van der Waals surface area contributed by atoms with Crippen LogP contribution in [0.4, 0.5) is 4.79 Å². The number of nitrogens with zero attached hydrogens (tertiary/aromatic N) is 1. The normalized spacial score (nSPS) is 16.7. The van der Waals surface area contributed by atoms with Crippen LogP contribution in [0.2, 0.25) is 0 Å². The maximum Gasteiger partial charge on any atom is 0.408 e. The molecule has 0 aliphatic carbocycles. The first-order valence-corrected chi connectivity index (χ1v) is 18.4. The minimum Gasteiger partial charge on any atom is -0.460 e. The molecule has 0 spiro atoms. The molecule has 0 radical (unpaired) electrons. The first-order valence-electron chi connectivity index (χ1n) is 17.2. The lowest BCUT2D eigenvalue weighted by Crippen LogP contribution is -2.60. The van der Waals surface area contributed by atoms with Gasteiger partial charge in [0, 0.05) is 13.0 Å². The lowest BCUT2D eigenvalue weighted by atomic mass is 9.98. The first kappa shape index (κ1) is 42.8. The summed E-state index contributed by atoms with van der Waals surface area (Å²) in [6, 6.07) is 13.5. The van der Waals surface area contributed by atoms with Crippen molar-refractivity contribution in [3.05, 3.63) is 59.7 Å². The summed E-state index contributed by atoms with van der Waals surface area (Å²) in [5, 5.41) is 6.74. The maximum atomic E-state index is 13.2. The number of carbonyl (C=O) groups is 5. The molecule has 286 valence electrons. The van der Waals surface area contributed by atoms with Crippen LogP contribution in [0.5, 0.6) is 0 Å². The molecule has 3 N–H and O–H groups in total. The number of ether oxygens (including phenoxy) is 3. The fraction of sp³-hybridized carbons (Fsp3) is 0.541. The van der Waals surface area contributed by atoms with Crippen LogP contribution in [-0.4, -0.2) is 75.6 Å². The number of alkyl halides is 3. The smallest absolute Gasteiger partial charge is 0.408 e. The Morgan fingerprint density at radius 3 is 2.23 bits per heavy atom. The van der Waals surface area contributed by atoms with Gasteiger partial charge >= 0.3 is 18.0 Å². The Kier molecular flexibility index (Phi) is 15.6. The van der Waals surface area contributed by atoms with Crippen LogP contribution in [-0.2, 0) is 39.8 Å². The molecule has 0 bridgehead atoms. The molecule has 3 amide bonds. The van der Waals surface area contributed by atoms with Crippen molar-refractivity contribution in [1.29, 1.82) is 0 Å². The fourth-order valence-corrected chi connectivity index (χ4v) is 5.48. The molecule has 52 heavy (non-hydrogen) atoms. The Bertz CT molecular complexity index is 1560. The van der Waals surface area contributed by atoms with Crippen LogP contribution in [0.3, 0.4) is 0 Å². The van der Waals surface area contributed by atoms with E-state index in [1.807, 2.05) is 76.2 Å². The van der Waals surface area contributed by atoms with Crippen LogP contribution in [0, 0.1) is 5.92 Å². The molecular weight excluding hydrogens is 735 g/mol. The molecule has 12 nitrogen and oxygen atoms in total. The number of carbonyl (C=O) groups excluding carboxylic acids is 5. The summed E-state index contributed by atoms with van der Waals surface area (Å²) < 4.78 is 14.2. The van der Waals surface area contributed by atoms with Crippen LogP contribution >= 0.6 is 34.8 Å². The zero-order valence-corrected chi connectivity index (χ0v) is 32.9. The number of hydrogen-bond acceptors (Lipinski definition) is 9.